The molecule has 4 N–H and O–H groups in total. The maximum atomic E-state index is 13.2. The summed E-state index contributed by atoms with van der Waals surface area (Å²) in [7, 11) is 0. The van der Waals surface area contributed by atoms with E-state index in [2.05, 4.69) is 79.9 Å². The largest absolute Gasteiger partial charge is 0.493 e. The zero-order chi connectivity index (χ0) is 54.3. The van der Waals surface area contributed by atoms with Crippen LogP contribution < -0.4 is 25.8 Å². The van der Waals surface area contributed by atoms with E-state index in [1.54, 1.807) is 36.4 Å². The standard InChI is InChI=1S/C64H103N3O7/c1-46(2)18-12-20-48(5)22-14-24-50(7)26-16-28-52(9)36-38-71-59-41-58(42-60(43-59)72-39-37-53(10)29-17-27-51(8)25-15-23-49(6)21-13-19-47(3)4)66-63(69)74-45-56-32-35-61(54(11)40-56)67-64(70)73-44-55-30-33-57(34-31-55)62(65)68/h30-35,40-43,46-53H,12-29,36-39,44-45H2,1-11H3,(H2,65,68)(H,66,69)(H,67,70)/t48-,49-,50-,51-,52?,53?/m1/s1. The molecule has 0 spiro atoms. The topological polar surface area (TPSA) is 138 Å². The number of hydrogen-bond donors (Lipinski definition) is 3. The van der Waals surface area contributed by atoms with Crippen molar-refractivity contribution in [2.45, 2.75) is 218 Å². The first-order valence-electron chi connectivity index (χ1n) is 29.1. The van der Waals surface area contributed by atoms with Gasteiger partial charge in [0.25, 0.3) is 0 Å². The van der Waals surface area contributed by atoms with Gasteiger partial charge in [-0.2, -0.15) is 0 Å². The van der Waals surface area contributed by atoms with E-state index >= 15 is 0 Å². The molecule has 416 valence electrons. The van der Waals surface area contributed by atoms with Crippen molar-refractivity contribution in [3.63, 3.8) is 0 Å². The van der Waals surface area contributed by atoms with E-state index in [4.69, 9.17) is 24.7 Å². The monoisotopic (exact) mass is 1030 g/mol. The number of rotatable bonds is 39. The molecule has 0 aliphatic rings. The van der Waals surface area contributed by atoms with Crippen LogP contribution in [0.4, 0.5) is 21.0 Å². The van der Waals surface area contributed by atoms with Crippen LogP contribution in [-0.4, -0.2) is 31.3 Å². The number of carbonyl (C=O) groups is 3. The molecule has 0 fully saturated rings. The van der Waals surface area contributed by atoms with E-state index in [1.807, 2.05) is 31.2 Å². The van der Waals surface area contributed by atoms with Crippen molar-refractivity contribution in [3.05, 3.63) is 82.9 Å². The highest BCUT2D eigenvalue weighted by molar-refractivity contribution is 5.92. The lowest BCUT2D eigenvalue weighted by Crippen LogP contribution is -2.15. The summed E-state index contributed by atoms with van der Waals surface area (Å²) in [6.45, 7) is 26.7. The van der Waals surface area contributed by atoms with Gasteiger partial charge in [-0.1, -0.05) is 209 Å². The minimum absolute atomic E-state index is 0.0289. The molecule has 2 unspecified atom stereocenters. The van der Waals surface area contributed by atoms with Gasteiger partial charge >= 0.3 is 12.2 Å². The third kappa shape index (κ3) is 29.4. The van der Waals surface area contributed by atoms with Crippen LogP contribution in [0.1, 0.15) is 225 Å². The van der Waals surface area contributed by atoms with Crippen molar-refractivity contribution >= 4 is 29.5 Å². The van der Waals surface area contributed by atoms with E-state index < -0.39 is 18.1 Å². The molecule has 10 nitrogen and oxygen atoms in total. The van der Waals surface area contributed by atoms with Crippen LogP contribution >= 0.6 is 0 Å². The summed E-state index contributed by atoms with van der Waals surface area (Å²) < 4.78 is 23.7. The number of ether oxygens (including phenoxy) is 4. The maximum absolute atomic E-state index is 13.2. The number of benzene rings is 3. The SMILES string of the molecule is Cc1cc(COC(=O)Nc2cc(OCCC(C)CCC[C@H](C)CCC[C@H](C)CCCC(C)C)cc(OCCC(C)CCC[C@H](C)CCC[C@H](C)CCCC(C)C)c2)ccc1NC(=O)OCc1ccc(C(N)=O)cc1. The predicted octanol–water partition coefficient (Wildman–Crippen LogP) is 18.3. The Labute approximate surface area is 450 Å². The fraction of sp³-hybridized carbons (Fsp3) is 0.672. The van der Waals surface area contributed by atoms with Crippen molar-refractivity contribution < 1.29 is 33.3 Å². The fourth-order valence-corrected chi connectivity index (χ4v) is 9.76. The Hall–Kier alpha value is -4.73. The summed E-state index contributed by atoms with van der Waals surface area (Å²) in [5, 5.41) is 5.67. The average Bonchev–Trinajstić information content (AvgIpc) is 3.33. The van der Waals surface area contributed by atoms with Gasteiger partial charge in [-0.15, -0.1) is 0 Å². The molecule has 0 saturated heterocycles. The summed E-state index contributed by atoms with van der Waals surface area (Å²) in [4.78, 5) is 37.1. The number of aryl methyl sites for hydroxylation is 1. The van der Waals surface area contributed by atoms with E-state index in [0.29, 0.717) is 53.5 Å². The number of carbonyl (C=O) groups excluding carboxylic acids is 3. The second-order valence-corrected chi connectivity index (χ2v) is 23.6. The molecule has 0 aromatic heterocycles. The molecule has 3 rings (SSSR count). The molecule has 0 aliphatic carbocycles. The molecule has 3 aromatic rings. The van der Waals surface area contributed by atoms with Crippen LogP contribution in [-0.2, 0) is 22.7 Å². The first-order valence-corrected chi connectivity index (χ1v) is 29.1. The van der Waals surface area contributed by atoms with Crippen molar-refractivity contribution in [3.8, 4) is 11.5 Å². The van der Waals surface area contributed by atoms with Gasteiger partial charge in [-0.25, -0.2) is 9.59 Å². The van der Waals surface area contributed by atoms with Crippen LogP contribution in [0.25, 0.3) is 0 Å². The van der Waals surface area contributed by atoms with Crippen molar-refractivity contribution in [1.82, 2.24) is 0 Å². The number of amides is 3. The third-order valence-electron chi connectivity index (χ3n) is 14.9. The van der Waals surface area contributed by atoms with Crippen molar-refractivity contribution in [2.24, 2.45) is 53.1 Å². The number of primary amides is 1. The third-order valence-corrected chi connectivity index (χ3v) is 14.9. The minimum Gasteiger partial charge on any atom is -0.493 e. The maximum Gasteiger partial charge on any atom is 0.411 e. The van der Waals surface area contributed by atoms with Crippen LogP contribution in [0.15, 0.2) is 60.7 Å². The van der Waals surface area contributed by atoms with E-state index in [9.17, 15) is 14.4 Å². The van der Waals surface area contributed by atoms with Gasteiger partial charge in [0.15, 0.2) is 0 Å². The van der Waals surface area contributed by atoms with Crippen molar-refractivity contribution in [2.75, 3.05) is 23.8 Å². The lowest BCUT2D eigenvalue weighted by Gasteiger charge is -2.17. The molecule has 3 amide bonds. The van der Waals surface area contributed by atoms with Crippen LogP contribution in [0.2, 0.25) is 0 Å². The van der Waals surface area contributed by atoms with E-state index in [1.165, 1.54) is 116 Å². The zero-order valence-electron chi connectivity index (χ0n) is 48.3. The first kappa shape index (κ1) is 63.6. The van der Waals surface area contributed by atoms with Gasteiger partial charge in [-0.3, -0.25) is 15.4 Å². The smallest absolute Gasteiger partial charge is 0.411 e. The fourth-order valence-electron chi connectivity index (χ4n) is 9.76. The lowest BCUT2D eigenvalue weighted by molar-refractivity contribution is 0.0999. The summed E-state index contributed by atoms with van der Waals surface area (Å²) in [5.74, 6) is 6.73. The van der Waals surface area contributed by atoms with Gasteiger partial charge in [-0.05, 0) is 102 Å². The molecule has 0 bridgehead atoms. The molecule has 6 atom stereocenters. The Morgan fingerprint density at radius 3 is 1.20 bits per heavy atom. The van der Waals surface area contributed by atoms with Crippen molar-refractivity contribution in [1.29, 1.82) is 0 Å². The van der Waals surface area contributed by atoms with E-state index in [0.717, 1.165) is 65.0 Å². The Kier molecular flexibility index (Phi) is 31.2. The Morgan fingerprint density at radius 1 is 0.446 bits per heavy atom. The van der Waals surface area contributed by atoms with E-state index in [-0.39, 0.29) is 13.2 Å². The lowest BCUT2D eigenvalue weighted by atomic mass is 9.91. The predicted molar refractivity (Wildman–Crippen MR) is 308 cm³/mol. The zero-order valence-corrected chi connectivity index (χ0v) is 48.3. The number of anilines is 2. The molecule has 0 radical (unpaired) electrons. The quantitative estimate of drug-likeness (QED) is 0.0517. The molecular weight excluding hydrogens is 923 g/mol. The van der Waals surface area contributed by atoms with Gasteiger partial charge in [0.05, 0.1) is 18.9 Å². The Morgan fingerprint density at radius 2 is 0.811 bits per heavy atom. The molecule has 74 heavy (non-hydrogen) atoms. The normalized spacial score (nSPS) is 14.0. The van der Waals surface area contributed by atoms with Gasteiger partial charge < -0.3 is 24.7 Å². The molecular formula is C64H103N3O7. The van der Waals surface area contributed by atoms with Gasteiger partial charge in [0, 0.05) is 29.4 Å². The molecule has 0 aliphatic heterocycles. The highest BCUT2D eigenvalue weighted by Gasteiger charge is 2.15. The van der Waals surface area contributed by atoms with Gasteiger partial charge in [0.1, 0.15) is 24.7 Å². The number of nitrogens with one attached hydrogen (secondary N) is 2. The molecule has 3 aromatic carbocycles. The summed E-state index contributed by atoms with van der Waals surface area (Å²) in [6.07, 6.45) is 24.4. The minimum atomic E-state index is -0.619. The highest BCUT2D eigenvalue weighted by Crippen LogP contribution is 2.30. The van der Waals surface area contributed by atoms with Crippen LogP contribution in [0.5, 0.6) is 11.5 Å². The van der Waals surface area contributed by atoms with Gasteiger partial charge in [0.2, 0.25) is 5.91 Å². The first-order chi connectivity index (χ1) is 35.3. The second kappa shape index (κ2) is 36.3. The summed E-state index contributed by atoms with van der Waals surface area (Å²) >= 11 is 0. The Bertz CT molecular complexity index is 1950. The number of hydrogen-bond acceptors (Lipinski definition) is 7. The Balaban J connectivity index is 1.50. The molecule has 10 heteroatoms. The highest BCUT2D eigenvalue weighted by atomic mass is 16.6. The summed E-state index contributed by atoms with van der Waals surface area (Å²) in [5.41, 5.74) is 9.07. The second-order valence-electron chi connectivity index (χ2n) is 23.6. The molecule has 0 heterocycles. The molecule has 0 saturated carbocycles. The summed E-state index contributed by atoms with van der Waals surface area (Å²) in [6, 6.07) is 17.6. The van der Waals surface area contributed by atoms with Crippen LogP contribution in [0.3, 0.4) is 0 Å². The number of nitrogens with two attached hydrogens (primary N) is 1. The van der Waals surface area contributed by atoms with Crippen LogP contribution in [0, 0.1) is 54.3 Å². The average molecular weight is 1030 g/mol.